The van der Waals surface area contributed by atoms with E-state index in [1.807, 2.05) is 0 Å². The first kappa shape index (κ1) is 12.0. The molecule has 0 fully saturated rings. The Morgan fingerprint density at radius 2 is 2.21 bits per heavy atom. The van der Waals surface area contributed by atoms with Crippen molar-refractivity contribution in [2.75, 3.05) is 0 Å². The van der Waals surface area contributed by atoms with Crippen LogP contribution in [0.2, 0.25) is 0 Å². The first-order chi connectivity index (χ1) is 6.46. The molecular weight excluding hydrogens is 342 g/mol. The Morgan fingerprint density at radius 1 is 1.57 bits per heavy atom. The van der Waals surface area contributed by atoms with E-state index in [9.17, 15) is 13.2 Å². The van der Waals surface area contributed by atoms with Gasteiger partial charge in [-0.15, -0.1) is 0 Å². The molecule has 73 valence electrons. The van der Waals surface area contributed by atoms with Crippen molar-refractivity contribution in [2.24, 2.45) is 0 Å². The number of carbonyl (C=O) groups is 1. The molecule has 8 heteroatoms. The van der Waals surface area contributed by atoms with Gasteiger partial charge in [-0.25, -0.2) is 0 Å². The Labute approximate surface area is 107 Å². The Kier molecular flexibility index (Phi) is 3.93. The first-order valence-electron chi connectivity index (χ1n) is 3.26. The third kappa shape index (κ3) is 2.69. The van der Waals surface area contributed by atoms with Crippen molar-refractivity contribution in [3.63, 3.8) is 0 Å². The van der Waals surface area contributed by atoms with Crippen LogP contribution in [0.4, 0.5) is 0 Å². The Balaban J connectivity index is 3.38. The summed E-state index contributed by atoms with van der Waals surface area (Å²) in [7, 11) is -4.44. The van der Waals surface area contributed by atoms with Gasteiger partial charge in [0.05, 0.1) is 0 Å². The number of hydrogen-bond acceptors (Lipinski definition) is 5. The molecule has 0 saturated carbocycles. The van der Waals surface area contributed by atoms with Crippen LogP contribution in [0.3, 0.4) is 0 Å². The maximum atomic E-state index is 11.1. The van der Waals surface area contributed by atoms with Crippen LogP contribution in [0.15, 0.2) is 23.4 Å². The molecule has 0 spiro atoms. The molecule has 0 saturated heterocycles. The normalized spacial score (nSPS) is 10.9. The molecule has 0 aromatic carbocycles. The number of aromatic nitrogens is 1. The third-order valence-corrected chi connectivity index (χ3v) is 2.85. The summed E-state index contributed by atoms with van der Waals surface area (Å²) in [5, 5.41) is 0. The van der Waals surface area contributed by atoms with E-state index in [1.165, 1.54) is 12.3 Å². The molecule has 0 amide bonds. The van der Waals surface area contributed by atoms with E-state index in [0.29, 0.717) is 0 Å². The monoisotopic (exact) mass is 344 g/mol. The molecular formula is C6H4NNdO5S. The predicted molar refractivity (Wildman–Crippen MR) is 39.5 cm³/mol. The van der Waals surface area contributed by atoms with Crippen molar-refractivity contribution in [3.05, 3.63) is 24.0 Å². The topological polar surface area (TPSA) is 93.6 Å². The third-order valence-electron chi connectivity index (χ3n) is 1.38. The van der Waals surface area contributed by atoms with Crippen LogP contribution in [0, 0.1) is 39.4 Å². The molecule has 0 aliphatic heterocycles. The van der Waals surface area contributed by atoms with Gasteiger partial charge in [-0.2, -0.15) is 0 Å². The van der Waals surface area contributed by atoms with E-state index in [-0.39, 0.29) is 44.9 Å². The van der Waals surface area contributed by atoms with E-state index < -0.39 is 21.0 Å². The average Bonchev–Trinajstić information content (AvgIpc) is 2.15. The minimum absolute atomic E-state index is 0.146. The molecule has 14 heavy (non-hydrogen) atoms. The Morgan fingerprint density at radius 3 is 2.71 bits per heavy atom. The van der Waals surface area contributed by atoms with E-state index in [1.54, 1.807) is 0 Å². The molecule has 0 aliphatic rings. The van der Waals surface area contributed by atoms with Crippen molar-refractivity contribution in [2.45, 2.75) is 4.90 Å². The zero-order chi connectivity index (χ0) is 10.8. The molecule has 0 aliphatic carbocycles. The van der Waals surface area contributed by atoms with E-state index in [0.717, 1.165) is 6.20 Å². The van der Waals surface area contributed by atoms with Crippen LogP contribution in [-0.4, -0.2) is 23.9 Å². The van der Waals surface area contributed by atoms with Gasteiger partial charge in [-0.3, -0.25) is 0 Å². The van der Waals surface area contributed by atoms with E-state index in [4.69, 9.17) is 4.55 Å². The van der Waals surface area contributed by atoms with Crippen LogP contribution in [0.25, 0.3) is 0 Å². The number of carbonyl (C=O) groups excluding carboxylic acids is 1. The first-order valence-corrected chi connectivity index (χ1v) is 6.01. The quantitative estimate of drug-likeness (QED) is 0.755. The molecule has 0 radical (unpaired) electrons. The van der Waals surface area contributed by atoms with Crippen molar-refractivity contribution >= 4 is 16.1 Å². The van der Waals surface area contributed by atoms with E-state index >= 15 is 0 Å². The van der Waals surface area contributed by atoms with Gasteiger partial charge in [-0.05, 0) is 0 Å². The van der Waals surface area contributed by atoms with Crippen LogP contribution in [-0.2, 0) is 11.2 Å². The number of pyridine rings is 1. The fraction of sp³-hybridized carbons (Fsp3) is 0. The van der Waals surface area contributed by atoms with Gasteiger partial charge < -0.3 is 0 Å². The van der Waals surface area contributed by atoms with Crippen molar-refractivity contribution < 1.29 is 58.2 Å². The van der Waals surface area contributed by atoms with Crippen molar-refractivity contribution in [1.82, 2.24) is 4.98 Å². The Bertz CT molecular complexity index is 457. The summed E-state index contributed by atoms with van der Waals surface area (Å²) >= 11 is 0.146. The standard InChI is InChI=1S/C6H5NO5S.Nd/c8-6(9)4-1-2-7-3-5(4)13(10,11)12;/h1-3H,(H,8,9)(H,10,11,12);/q;+1/p-1. The molecule has 1 rings (SSSR count). The minimum atomic E-state index is -4.44. The Hall–Kier alpha value is -0.119. The summed E-state index contributed by atoms with van der Waals surface area (Å²) in [5.74, 6) is -0.785. The molecule has 0 bridgehead atoms. The predicted octanol–water partition coefficient (Wildman–Crippen LogP) is -0.0506. The van der Waals surface area contributed by atoms with Gasteiger partial charge in [0, 0.05) is 0 Å². The SMILES string of the molecule is O=C([O][Nd])c1ccncc1S(=O)(=O)O. The maximum absolute atomic E-state index is 11.1. The van der Waals surface area contributed by atoms with Crippen molar-refractivity contribution in [3.8, 4) is 0 Å². The molecule has 1 N–H and O–H groups in total. The zero-order valence-electron chi connectivity index (χ0n) is 6.67. The van der Waals surface area contributed by atoms with Crippen LogP contribution < -0.4 is 0 Å². The van der Waals surface area contributed by atoms with Crippen LogP contribution >= 0.6 is 0 Å². The van der Waals surface area contributed by atoms with Crippen LogP contribution in [0.1, 0.15) is 10.4 Å². The van der Waals surface area contributed by atoms with Gasteiger partial charge in [-0.1, -0.05) is 0 Å². The molecule has 1 heterocycles. The molecule has 6 nitrogen and oxygen atoms in total. The summed E-state index contributed by atoms with van der Waals surface area (Å²) in [6.07, 6.45) is 2.13. The molecule has 0 atom stereocenters. The summed E-state index contributed by atoms with van der Waals surface area (Å²) in [4.78, 5) is 14.0. The van der Waals surface area contributed by atoms with Crippen LogP contribution in [0.5, 0.6) is 0 Å². The number of nitrogens with zero attached hydrogens (tertiary/aromatic N) is 1. The fourth-order valence-corrected chi connectivity index (χ4v) is 1.79. The number of hydrogen-bond donors (Lipinski definition) is 1. The average molecular weight is 346 g/mol. The zero-order valence-corrected chi connectivity index (χ0v) is 10.7. The number of rotatable bonds is 2. The second kappa shape index (κ2) is 4.60. The summed E-state index contributed by atoms with van der Waals surface area (Å²) in [6, 6.07) is 1.17. The van der Waals surface area contributed by atoms with Gasteiger partial charge in [0.2, 0.25) is 0 Å². The van der Waals surface area contributed by atoms with Crippen molar-refractivity contribution in [1.29, 1.82) is 0 Å². The summed E-state index contributed by atoms with van der Waals surface area (Å²) in [6.45, 7) is 0. The van der Waals surface area contributed by atoms with Gasteiger partial charge in [0.1, 0.15) is 0 Å². The molecule has 0 unspecified atom stereocenters. The second-order valence-electron chi connectivity index (χ2n) is 2.24. The fourth-order valence-electron chi connectivity index (χ4n) is 0.809. The summed E-state index contributed by atoms with van der Waals surface area (Å²) in [5.41, 5.74) is -0.211. The van der Waals surface area contributed by atoms with Gasteiger partial charge >= 0.3 is 108 Å². The molecule has 1 aromatic heterocycles. The van der Waals surface area contributed by atoms with Gasteiger partial charge in [0.25, 0.3) is 0 Å². The molecule has 1 aromatic rings. The van der Waals surface area contributed by atoms with E-state index in [2.05, 4.69) is 6.05 Å². The summed E-state index contributed by atoms with van der Waals surface area (Å²) < 4.78 is 34.8. The van der Waals surface area contributed by atoms with Gasteiger partial charge in [0.15, 0.2) is 0 Å². The second-order valence-corrected chi connectivity index (χ2v) is 4.28.